The minimum absolute atomic E-state index is 0.0861. The maximum atomic E-state index is 13.7. The summed E-state index contributed by atoms with van der Waals surface area (Å²) < 4.78 is 27.6. The normalized spacial score (nSPS) is 25.2. The second-order valence-electron chi connectivity index (χ2n) is 9.25. The van der Waals surface area contributed by atoms with Crippen LogP contribution in [0.25, 0.3) is 16.8 Å². The van der Waals surface area contributed by atoms with Gasteiger partial charge in [-0.1, -0.05) is 60.4 Å². The van der Waals surface area contributed by atoms with Gasteiger partial charge in [0.2, 0.25) is 0 Å². The Balaban J connectivity index is 1.73. The SMILES string of the molecule is CC(=O)OC[C@H]1O[C@@H](N2C(=O)/C(=C/c3ccc4ccccc4c3)SC2=S)[C@@H](OC(C)=O)[C@@H](OC(C)=O)[C@H]1OC(C)=O. The summed E-state index contributed by atoms with van der Waals surface area (Å²) in [4.78, 5) is 62.9. The van der Waals surface area contributed by atoms with Gasteiger partial charge in [-0.15, -0.1) is 0 Å². The van der Waals surface area contributed by atoms with Gasteiger partial charge in [-0.3, -0.25) is 28.9 Å². The van der Waals surface area contributed by atoms with E-state index in [9.17, 15) is 24.0 Å². The number of hydrogen-bond acceptors (Lipinski definition) is 12. The maximum Gasteiger partial charge on any atom is 0.303 e. The summed E-state index contributed by atoms with van der Waals surface area (Å²) in [6.07, 6.45) is -5.16. The molecule has 0 unspecified atom stereocenters. The lowest BCUT2D eigenvalue weighted by Gasteiger charge is -2.46. The smallest absolute Gasteiger partial charge is 0.303 e. The van der Waals surface area contributed by atoms with Crippen LogP contribution in [-0.2, 0) is 47.7 Å². The molecular weight excluding hydrogens is 574 g/mol. The fraction of sp³-hybridized carbons (Fsp3) is 0.357. The molecule has 4 rings (SSSR count). The first kappa shape index (κ1) is 30.2. The van der Waals surface area contributed by atoms with Crippen LogP contribution in [0.1, 0.15) is 33.3 Å². The molecule has 0 aromatic heterocycles. The molecule has 2 fully saturated rings. The van der Waals surface area contributed by atoms with Crippen molar-refractivity contribution in [2.45, 2.75) is 58.3 Å². The summed E-state index contributed by atoms with van der Waals surface area (Å²) in [6, 6.07) is 13.5. The first-order valence-electron chi connectivity index (χ1n) is 12.5. The lowest BCUT2D eigenvalue weighted by atomic mass is 9.96. The summed E-state index contributed by atoms with van der Waals surface area (Å²) in [7, 11) is 0. The highest BCUT2D eigenvalue weighted by Gasteiger charge is 2.56. The van der Waals surface area contributed by atoms with E-state index in [0.29, 0.717) is 0 Å². The predicted octanol–water partition coefficient (Wildman–Crippen LogP) is 3.12. The zero-order valence-electron chi connectivity index (χ0n) is 22.6. The molecule has 2 aliphatic rings. The number of thiocarbonyl (C=S) groups is 1. The molecular formula is C28H27NO10S2. The van der Waals surface area contributed by atoms with E-state index in [-0.39, 0.29) is 9.23 Å². The van der Waals surface area contributed by atoms with Crippen molar-refractivity contribution in [3.8, 4) is 0 Å². The average Bonchev–Trinajstić information content (AvgIpc) is 3.16. The Kier molecular flexibility index (Phi) is 9.41. The van der Waals surface area contributed by atoms with Gasteiger partial charge in [0.05, 0.1) is 4.91 Å². The molecule has 0 spiro atoms. The molecule has 2 heterocycles. The number of carbonyl (C=O) groups excluding carboxylic acids is 5. The Labute approximate surface area is 245 Å². The molecule has 216 valence electrons. The van der Waals surface area contributed by atoms with E-state index >= 15 is 0 Å². The van der Waals surface area contributed by atoms with E-state index in [1.165, 1.54) is 6.92 Å². The molecule has 11 nitrogen and oxygen atoms in total. The van der Waals surface area contributed by atoms with Crippen molar-refractivity contribution in [3.05, 3.63) is 52.9 Å². The molecule has 0 radical (unpaired) electrons. The number of nitrogens with zero attached hydrogens (tertiary/aromatic N) is 1. The molecule has 0 saturated carbocycles. The van der Waals surface area contributed by atoms with Crippen LogP contribution in [0.3, 0.4) is 0 Å². The third-order valence-corrected chi connectivity index (χ3v) is 7.45. The van der Waals surface area contributed by atoms with E-state index in [1.807, 2.05) is 42.5 Å². The number of fused-ring (bicyclic) bond motifs is 1. The highest BCUT2D eigenvalue weighted by atomic mass is 32.2. The molecule has 2 aliphatic heterocycles. The minimum Gasteiger partial charge on any atom is -0.463 e. The Hall–Kier alpha value is -3.81. The summed E-state index contributed by atoms with van der Waals surface area (Å²) in [6.45, 7) is 4.12. The number of thioether (sulfide) groups is 1. The largest absolute Gasteiger partial charge is 0.463 e. The summed E-state index contributed by atoms with van der Waals surface area (Å²) >= 11 is 6.55. The topological polar surface area (TPSA) is 135 Å². The molecule has 41 heavy (non-hydrogen) atoms. The second kappa shape index (κ2) is 12.8. The van der Waals surface area contributed by atoms with Gasteiger partial charge < -0.3 is 23.7 Å². The second-order valence-corrected chi connectivity index (χ2v) is 10.9. The van der Waals surface area contributed by atoms with E-state index in [4.69, 9.17) is 35.9 Å². The van der Waals surface area contributed by atoms with Crippen molar-refractivity contribution in [1.29, 1.82) is 0 Å². The van der Waals surface area contributed by atoms with Crippen LogP contribution >= 0.6 is 24.0 Å². The zero-order chi connectivity index (χ0) is 29.8. The molecule has 0 N–H and O–H groups in total. The van der Waals surface area contributed by atoms with E-state index in [2.05, 4.69) is 0 Å². The van der Waals surface area contributed by atoms with Crippen molar-refractivity contribution >= 4 is 74.9 Å². The molecule has 13 heteroatoms. The quantitative estimate of drug-likeness (QED) is 0.200. The lowest BCUT2D eigenvalue weighted by Crippen LogP contribution is -2.66. The molecule has 0 aliphatic carbocycles. The molecule has 2 aromatic carbocycles. The number of carbonyl (C=O) groups is 5. The Bertz CT molecular complexity index is 1440. The molecule has 1 amide bonds. The highest BCUT2D eigenvalue weighted by molar-refractivity contribution is 8.26. The Morgan fingerprint density at radius 1 is 0.878 bits per heavy atom. The third kappa shape index (κ3) is 7.10. The van der Waals surface area contributed by atoms with Gasteiger partial charge in [0.25, 0.3) is 5.91 Å². The van der Waals surface area contributed by atoms with Crippen LogP contribution in [0.15, 0.2) is 47.4 Å². The van der Waals surface area contributed by atoms with Gasteiger partial charge in [0.1, 0.15) is 12.7 Å². The zero-order valence-corrected chi connectivity index (χ0v) is 24.2. The average molecular weight is 602 g/mol. The number of ether oxygens (including phenoxy) is 5. The fourth-order valence-corrected chi connectivity index (χ4v) is 5.87. The summed E-state index contributed by atoms with van der Waals surface area (Å²) in [5.41, 5.74) is 0.755. The third-order valence-electron chi connectivity index (χ3n) is 6.12. The fourth-order valence-electron chi connectivity index (χ4n) is 4.56. The van der Waals surface area contributed by atoms with Crippen molar-refractivity contribution < 1.29 is 47.7 Å². The van der Waals surface area contributed by atoms with E-state index in [1.54, 1.807) is 6.08 Å². The first-order valence-corrected chi connectivity index (χ1v) is 13.7. The van der Waals surface area contributed by atoms with E-state index in [0.717, 1.165) is 53.8 Å². The van der Waals surface area contributed by atoms with Crippen LogP contribution in [0.2, 0.25) is 0 Å². The number of esters is 4. The Morgan fingerprint density at radius 2 is 1.49 bits per heavy atom. The standard InChI is InChI=1S/C28H27NO10S2/c1-14(30)35-13-21-23(36-15(2)31)24(37-16(3)32)25(38-17(4)33)27(39-21)29-26(34)22(41-28(29)40)12-18-9-10-19-7-5-6-8-20(19)11-18/h5-12,21,23-25,27H,13H2,1-4H3/b22-12-/t21-,23+,24+,25+,27-/m1/s1. The van der Waals surface area contributed by atoms with E-state index < -0.39 is 67.0 Å². The molecule has 2 aromatic rings. The van der Waals surface area contributed by atoms with Crippen molar-refractivity contribution in [3.63, 3.8) is 0 Å². The number of amides is 1. The first-order chi connectivity index (χ1) is 19.4. The van der Waals surface area contributed by atoms with Gasteiger partial charge in [0, 0.05) is 27.7 Å². The number of benzene rings is 2. The molecule has 5 atom stereocenters. The van der Waals surface area contributed by atoms with Crippen LogP contribution in [0.4, 0.5) is 0 Å². The van der Waals surface area contributed by atoms with Gasteiger partial charge in [-0.05, 0) is 28.5 Å². The van der Waals surface area contributed by atoms with Crippen LogP contribution in [0, 0.1) is 0 Å². The van der Waals surface area contributed by atoms with Gasteiger partial charge >= 0.3 is 23.9 Å². The van der Waals surface area contributed by atoms with Gasteiger partial charge in [-0.2, -0.15) is 0 Å². The summed E-state index contributed by atoms with van der Waals surface area (Å²) in [5.74, 6) is -3.51. The van der Waals surface area contributed by atoms with Crippen molar-refractivity contribution in [2.75, 3.05) is 6.61 Å². The van der Waals surface area contributed by atoms with Crippen molar-refractivity contribution in [2.24, 2.45) is 0 Å². The number of rotatable bonds is 7. The van der Waals surface area contributed by atoms with Crippen LogP contribution < -0.4 is 0 Å². The predicted molar refractivity (Wildman–Crippen MR) is 151 cm³/mol. The molecule has 2 saturated heterocycles. The lowest BCUT2D eigenvalue weighted by molar-refractivity contribution is -0.268. The minimum atomic E-state index is -1.45. The van der Waals surface area contributed by atoms with Crippen LogP contribution in [-0.4, -0.2) is 76.3 Å². The number of hydrogen-bond donors (Lipinski definition) is 0. The van der Waals surface area contributed by atoms with Crippen LogP contribution in [0.5, 0.6) is 0 Å². The van der Waals surface area contributed by atoms with Gasteiger partial charge in [-0.25, -0.2) is 0 Å². The van der Waals surface area contributed by atoms with Crippen molar-refractivity contribution in [1.82, 2.24) is 4.90 Å². The maximum absolute atomic E-state index is 13.7. The Morgan fingerprint density at radius 3 is 2.12 bits per heavy atom. The monoisotopic (exact) mass is 601 g/mol. The molecule has 0 bridgehead atoms. The van der Waals surface area contributed by atoms with Gasteiger partial charge in [0.15, 0.2) is 28.9 Å². The highest BCUT2D eigenvalue weighted by Crippen LogP contribution is 2.39. The summed E-state index contributed by atoms with van der Waals surface area (Å²) in [5, 5.41) is 2.02.